The van der Waals surface area contributed by atoms with Crippen molar-refractivity contribution in [3.63, 3.8) is 0 Å². The molecule has 0 spiro atoms. The molecule has 1 rings (SSSR count). The standard InChI is InChI=1S/C17H26N2O6/c1-11(2)24-7-5-6-19-17(21)12-8-13(22-3)16(14(9-12)23-4)25-10-15(18)20/h8-9,11H,5-7,10H2,1-4H3,(H2,18,20)(H,19,21). The van der Waals surface area contributed by atoms with E-state index < -0.39 is 5.91 Å². The van der Waals surface area contributed by atoms with Crippen molar-refractivity contribution in [3.05, 3.63) is 17.7 Å². The van der Waals surface area contributed by atoms with Gasteiger partial charge in [-0.3, -0.25) is 9.59 Å². The number of amides is 2. The highest BCUT2D eigenvalue weighted by Crippen LogP contribution is 2.38. The fraction of sp³-hybridized carbons (Fsp3) is 0.529. The molecule has 0 aromatic heterocycles. The number of ether oxygens (including phenoxy) is 4. The van der Waals surface area contributed by atoms with Crippen LogP contribution in [0.25, 0.3) is 0 Å². The molecule has 8 heteroatoms. The normalized spacial score (nSPS) is 10.4. The average Bonchev–Trinajstić information content (AvgIpc) is 2.58. The Bertz CT molecular complexity index is 563. The van der Waals surface area contributed by atoms with Crippen molar-refractivity contribution in [3.8, 4) is 17.2 Å². The molecule has 0 heterocycles. The molecule has 1 aromatic rings. The summed E-state index contributed by atoms with van der Waals surface area (Å²) in [6, 6.07) is 3.03. The highest BCUT2D eigenvalue weighted by Gasteiger charge is 2.18. The number of nitrogens with two attached hydrogens (primary N) is 1. The van der Waals surface area contributed by atoms with E-state index in [0.717, 1.165) is 0 Å². The summed E-state index contributed by atoms with van der Waals surface area (Å²) in [6.45, 7) is 4.65. The van der Waals surface area contributed by atoms with Gasteiger partial charge in [0.15, 0.2) is 18.1 Å². The summed E-state index contributed by atoms with van der Waals surface area (Å²) in [6.07, 6.45) is 0.870. The number of primary amides is 1. The van der Waals surface area contributed by atoms with Crippen LogP contribution in [-0.4, -0.2) is 51.9 Å². The van der Waals surface area contributed by atoms with E-state index in [1.54, 1.807) is 0 Å². The number of methoxy groups -OCH3 is 2. The second-order valence-electron chi connectivity index (χ2n) is 5.49. The molecule has 25 heavy (non-hydrogen) atoms. The van der Waals surface area contributed by atoms with Gasteiger partial charge in [-0.2, -0.15) is 0 Å². The van der Waals surface area contributed by atoms with Crippen molar-refractivity contribution >= 4 is 11.8 Å². The van der Waals surface area contributed by atoms with Gasteiger partial charge in [-0.15, -0.1) is 0 Å². The van der Waals surface area contributed by atoms with Crippen LogP contribution in [0, 0.1) is 0 Å². The van der Waals surface area contributed by atoms with Crippen LogP contribution in [0.5, 0.6) is 17.2 Å². The maximum absolute atomic E-state index is 12.3. The Kier molecular flexibility index (Phi) is 8.55. The van der Waals surface area contributed by atoms with Crippen LogP contribution in [0.2, 0.25) is 0 Å². The fourth-order valence-corrected chi connectivity index (χ4v) is 1.99. The van der Waals surface area contributed by atoms with Gasteiger partial charge in [0.1, 0.15) is 0 Å². The van der Waals surface area contributed by atoms with Gasteiger partial charge in [-0.1, -0.05) is 0 Å². The van der Waals surface area contributed by atoms with Crippen molar-refractivity contribution in [2.45, 2.75) is 26.4 Å². The molecule has 0 atom stereocenters. The zero-order chi connectivity index (χ0) is 18.8. The zero-order valence-electron chi connectivity index (χ0n) is 15.1. The highest BCUT2D eigenvalue weighted by atomic mass is 16.5. The first-order valence-electron chi connectivity index (χ1n) is 7.96. The van der Waals surface area contributed by atoms with E-state index in [9.17, 15) is 9.59 Å². The summed E-state index contributed by atoms with van der Waals surface area (Å²) in [5.74, 6) is -0.148. The van der Waals surface area contributed by atoms with Crippen molar-refractivity contribution in [2.24, 2.45) is 5.73 Å². The van der Waals surface area contributed by atoms with Gasteiger partial charge in [0.2, 0.25) is 5.75 Å². The molecule has 0 aliphatic carbocycles. The van der Waals surface area contributed by atoms with Crippen LogP contribution in [0.3, 0.4) is 0 Å². The summed E-state index contributed by atoms with van der Waals surface area (Å²) in [7, 11) is 2.85. The van der Waals surface area contributed by atoms with Crippen LogP contribution in [0.4, 0.5) is 0 Å². The number of hydrogen-bond acceptors (Lipinski definition) is 6. The quantitative estimate of drug-likeness (QED) is 0.576. The average molecular weight is 354 g/mol. The lowest BCUT2D eigenvalue weighted by Crippen LogP contribution is -2.26. The van der Waals surface area contributed by atoms with E-state index in [4.69, 9.17) is 24.7 Å². The van der Waals surface area contributed by atoms with Gasteiger partial charge in [-0.05, 0) is 32.4 Å². The minimum Gasteiger partial charge on any atom is -0.493 e. The summed E-state index contributed by atoms with van der Waals surface area (Å²) in [4.78, 5) is 23.2. The van der Waals surface area contributed by atoms with E-state index in [2.05, 4.69) is 5.32 Å². The van der Waals surface area contributed by atoms with E-state index >= 15 is 0 Å². The minimum atomic E-state index is -0.630. The lowest BCUT2D eigenvalue weighted by Gasteiger charge is -2.15. The lowest BCUT2D eigenvalue weighted by atomic mass is 10.1. The third-order valence-electron chi connectivity index (χ3n) is 3.14. The molecule has 8 nitrogen and oxygen atoms in total. The Hall–Kier alpha value is -2.48. The molecule has 0 aliphatic rings. The van der Waals surface area contributed by atoms with Crippen molar-refractivity contribution < 1.29 is 28.5 Å². The Balaban J connectivity index is 2.79. The number of carbonyl (C=O) groups excluding carboxylic acids is 2. The number of carbonyl (C=O) groups is 2. The van der Waals surface area contributed by atoms with Gasteiger partial charge < -0.3 is 30.0 Å². The third kappa shape index (κ3) is 6.88. The summed E-state index contributed by atoms with van der Waals surface area (Å²) >= 11 is 0. The Morgan fingerprint density at radius 3 is 2.24 bits per heavy atom. The molecule has 140 valence electrons. The molecule has 0 fully saturated rings. The Labute approximate surface area is 147 Å². The van der Waals surface area contributed by atoms with Crippen LogP contribution in [0.1, 0.15) is 30.6 Å². The van der Waals surface area contributed by atoms with Crippen LogP contribution in [0.15, 0.2) is 12.1 Å². The summed E-state index contributed by atoms with van der Waals surface area (Å²) in [5.41, 5.74) is 5.43. The number of hydrogen-bond donors (Lipinski definition) is 2. The van der Waals surface area contributed by atoms with Gasteiger partial charge in [-0.25, -0.2) is 0 Å². The number of benzene rings is 1. The third-order valence-corrected chi connectivity index (χ3v) is 3.14. The molecule has 3 N–H and O–H groups in total. The molecule has 0 bridgehead atoms. The molecule has 2 amide bonds. The van der Waals surface area contributed by atoms with Crippen molar-refractivity contribution in [2.75, 3.05) is 34.0 Å². The van der Waals surface area contributed by atoms with Gasteiger partial charge in [0, 0.05) is 18.7 Å². The molecule has 0 radical (unpaired) electrons. The molecule has 0 saturated carbocycles. The summed E-state index contributed by atoms with van der Waals surface area (Å²) in [5, 5.41) is 2.80. The highest BCUT2D eigenvalue weighted by molar-refractivity contribution is 5.95. The Morgan fingerprint density at radius 1 is 1.16 bits per heavy atom. The topological polar surface area (TPSA) is 109 Å². The van der Waals surface area contributed by atoms with Gasteiger partial charge in [0.05, 0.1) is 20.3 Å². The maximum atomic E-state index is 12.3. The second kappa shape index (κ2) is 10.4. The monoisotopic (exact) mass is 354 g/mol. The predicted molar refractivity (Wildman–Crippen MR) is 92.3 cm³/mol. The molecule has 0 saturated heterocycles. The SMILES string of the molecule is COc1cc(C(=O)NCCCOC(C)C)cc(OC)c1OCC(N)=O. The zero-order valence-corrected chi connectivity index (χ0v) is 15.1. The van der Waals surface area contributed by atoms with Crippen LogP contribution >= 0.6 is 0 Å². The predicted octanol–water partition coefficient (Wildman–Crippen LogP) is 1.11. The van der Waals surface area contributed by atoms with Crippen molar-refractivity contribution in [1.29, 1.82) is 0 Å². The molecular formula is C17H26N2O6. The second-order valence-corrected chi connectivity index (χ2v) is 5.49. The fourth-order valence-electron chi connectivity index (χ4n) is 1.99. The van der Waals surface area contributed by atoms with E-state index in [1.807, 2.05) is 13.8 Å². The Morgan fingerprint density at radius 2 is 1.76 bits per heavy atom. The van der Waals surface area contributed by atoms with E-state index in [0.29, 0.717) is 25.1 Å². The lowest BCUT2D eigenvalue weighted by molar-refractivity contribution is -0.120. The molecule has 1 aromatic carbocycles. The summed E-state index contributed by atoms with van der Waals surface area (Å²) < 4.78 is 21.2. The molecule has 0 unspecified atom stereocenters. The first-order chi connectivity index (χ1) is 11.9. The first kappa shape index (κ1) is 20.6. The molecular weight excluding hydrogens is 328 g/mol. The maximum Gasteiger partial charge on any atom is 0.255 e. The molecule has 0 aliphatic heterocycles. The van der Waals surface area contributed by atoms with Crippen LogP contribution < -0.4 is 25.3 Å². The van der Waals surface area contributed by atoms with Gasteiger partial charge >= 0.3 is 0 Å². The smallest absolute Gasteiger partial charge is 0.255 e. The number of nitrogens with one attached hydrogen (secondary N) is 1. The first-order valence-corrected chi connectivity index (χ1v) is 7.96. The number of rotatable bonds is 11. The largest absolute Gasteiger partial charge is 0.493 e. The van der Waals surface area contributed by atoms with Gasteiger partial charge in [0.25, 0.3) is 11.8 Å². The van der Waals surface area contributed by atoms with E-state index in [1.165, 1.54) is 26.4 Å². The minimum absolute atomic E-state index is 0.164. The van der Waals surface area contributed by atoms with E-state index in [-0.39, 0.29) is 35.9 Å². The van der Waals surface area contributed by atoms with Crippen molar-refractivity contribution in [1.82, 2.24) is 5.32 Å². The van der Waals surface area contributed by atoms with Crippen LogP contribution in [-0.2, 0) is 9.53 Å².